The Bertz CT molecular complexity index is 698. The summed E-state index contributed by atoms with van der Waals surface area (Å²) < 4.78 is 0. The Kier molecular flexibility index (Phi) is 5.26. The summed E-state index contributed by atoms with van der Waals surface area (Å²) in [6.45, 7) is 0.636. The SMILES string of the molecule is CO/N=C1\CC(=O)N(Cc2ccccc2)C(Cc2ccccc2)C1. The van der Waals surface area contributed by atoms with Gasteiger partial charge in [0.2, 0.25) is 5.91 Å². The van der Waals surface area contributed by atoms with Gasteiger partial charge in [0.1, 0.15) is 7.11 Å². The van der Waals surface area contributed by atoms with E-state index >= 15 is 0 Å². The number of benzene rings is 2. The minimum atomic E-state index is 0.0998. The van der Waals surface area contributed by atoms with E-state index in [2.05, 4.69) is 29.4 Å². The van der Waals surface area contributed by atoms with Crippen LogP contribution in [0.15, 0.2) is 65.8 Å². The first-order valence-electron chi connectivity index (χ1n) is 8.22. The van der Waals surface area contributed by atoms with E-state index in [0.717, 1.165) is 24.1 Å². The van der Waals surface area contributed by atoms with Crippen molar-refractivity contribution in [2.45, 2.75) is 31.8 Å². The molecule has 2 aromatic rings. The lowest BCUT2D eigenvalue weighted by molar-refractivity contribution is -0.134. The zero-order valence-electron chi connectivity index (χ0n) is 13.9. The molecule has 24 heavy (non-hydrogen) atoms. The molecule has 1 aliphatic rings. The van der Waals surface area contributed by atoms with Gasteiger partial charge in [0, 0.05) is 19.0 Å². The molecule has 3 rings (SSSR count). The number of hydrogen-bond donors (Lipinski definition) is 0. The number of hydrogen-bond acceptors (Lipinski definition) is 3. The van der Waals surface area contributed by atoms with Gasteiger partial charge in [-0.05, 0) is 17.5 Å². The molecule has 1 aliphatic heterocycles. The molecular formula is C20H22N2O2. The van der Waals surface area contributed by atoms with Gasteiger partial charge in [0.25, 0.3) is 0 Å². The van der Waals surface area contributed by atoms with E-state index < -0.39 is 0 Å². The van der Waals surface area contributed by atoms with Crippen LogP contribution in [-0.4, -0.2) is 29.7 Å². The van der Waals surface area contributed by atoms with Gasteiger partial charge >= 0.3 is 0 Å². The monoisotopic (exact) mass is 322 g/mol. The van der Waals surface area contributed by atoms with Crippen LogP contribution in [0.3, 0.4) is 0 Å². The lowest BCUT2D eigenvalue weighted by atomic mass is 9.93. The molecule has 0 spiro atoms. The first-order chi connectivity index (χ1) is 11.8. The molecule has 0 N–H and O–H groups in total. The molecule has 0 bridgehead atoms. The predicted molar refractivity (Wildman–Crippen MR) is 94.6 cm³/mol. The normalized spacial score (nSPS) is 19.5. The van der Waals surface area contributed by atoms with Crippen molar-refractivity contribution in [1.29, 1.82) is 0 Å². The van der Waals surface area contributed by atoms with Gasteiger partial charge < -0.3 is 9.74 Å². The van der Waals surface area contributed by atoms with Crippen LogP contribution < -0.4 is 0 Å². The molecule has 1 saturated heterocycles. The van der Waals surface area contributed by atoms with E-state index in [1.807, 2.05) is 41.3 Å². The Hall–Kier alpha value is -2.62. The Balaban J connectivity index is 1.82. The fourth-order valence-electron chi connectivity index (χ4n) is 3.20. The maximum absolute atomic E-state index is 12.7. The summed E-state index contributed by atoms with van der Waals surface area (Å²) in [5, 5.41) is 4.04. The van der Waals surface area contributed by atoms with E-state index in [9.17, 15) is 4.79 Å². The van der Waals surface area contributed by atoms with Crippen molar-refractivity contribution in [1.82, 2.24) is 4.90 Å². The molecule has 2 aromatic carbocycles. The minimum Gasteiger partial charge on any atom is -0.399 e. The molecule has 4 nitrogen and oxygen atoms in total. The quantitative estimate of drug-likeness (QED) is 0.792. The number of nitrogens with zero attached hydrogens (tertiary/aromatic N) is 2. The van der Waals surface area contributed by atoms with Gasteiger partial charge in [0.15, 0.2) is 0 Å². The lowest BCUT2D eigenvalue weighted by Gasteiger charge is -2.36. The third-order valence-corrected chi connectivity index (χ3v) is 4.32. The van der Waals surface area contributed by atoms with Crippen molar-refractivity contribution in [3.05, 3.63) is 71.8 Å². The van der Waals surface area contributed by atoms with Crippen molar-refractivity contribution < 1.29 is 9.63 Å². The fraction of sp³-hybridized carbons (Fsp3) is 0.300. The van der Waals surface area contributed by atoms with Crippen molar-refractivity contribution in [2.24, 2.45) is 5.16 Å². The van der Waals surface area contributed by atoms with E-state index in [1.165, 1.54) is 12.7 Å². The number of amides is 1. The van der Waals surface area contributed by atoms with Gasteiger partial charge in [-0.1, -0.05) is 65.8 Å². The third-order valence-electron chi connectivity index (χ3n) is 4.32. The highest BCUT2D eigenvalue weighted by molar-refractivity contribution is 6.03. The van der Waals surface area contributed by atoms with Crippen LogP contribution in [0, 0.1) is 0 Å². The Labute approximate surface area is 142 Å². The third kappa shape index (κ3) is 4.02. The summed E-state index contributed by atoms with van der Waals surface area (Å²) in [6.07, 6.45) is 1.91. The van der Waals surface area contributed by atoms with Crippen LogP contribution in [0.5, 0.6) is 0 Å². The first-order valence-corrected chi connectivity index (χ1v) is 8.22. The molecule has 4 heteroatoms. The number of carbonyl (C=O) groups is 1. The Morgan fingerprint density at radius 1 is 1.04 bits per heavy atom. The number of carbonyl (C=O) groups excluding carboxylic acids is 1. The van der Waals surface area contributed by atoms with Crippen LogP contribution in [0.2, 0.25) is 0 Å². The maximum atomic E-state index is 12.7. The summed E-state index contributed by atoms with van der Waals surface area (Å²) in [5.41, 5.74) is 3.20. The highest BCUT2D eigenvalue weighted by Crippen LogP contribution is 2.23. The molecule has 1 unspecified atom stereocenters. The highest BCUT2D eigenvalue weighted by Gasteiger charge is 2.32. The second kappa shape index (κ2) is 7.77. The molecule has 0 radical (unpaired) electrons. The largest absolute Gasteiger partial charge is 0.399 e. The number of piperidine rings is 1. The molecule has 0 aliphatic carbocycles. The predicted octanol–water partition coefficient (Wildman–Crippen LogP) is 3.42. The van der Waals surface area contributed by atoms with Crippen molar-refractivity contribution in [3.63, 3.8) is 0 Å². The van der Waals surface area contributed by atoms with E-state index in [4.69, 9.17) is 4.84 Å². The van der Waals surface area contributed by atoms with E-state index in [0.29, 0.717) is 13.0 Å². The average Bonchev–Trinajstić information content (AvgIpc) is 2.60. The number of oxime groups is 1. The van der Waals surface area contributed by atoms with Crippen LogP contribution >= 0.6 is 0 Å². The van der Waals surface area contributed by atoms with Gasteiger partial charge in [-0.15, -0.1) is 0 Å². The Morgan fingerprint density at radius 3 is 2.29 bits per heavy atom. The van der Waals surface area contributed by atoms with Gasteiger partial charge in [-0.2, -0.15) is 0 Å². The summed E-state index contributed by atoms with van der Waals surface area (Å²) in [6, 6.07) is 20.5. The zero-order valence-corrected chi connectivity index (χ0v) is 13.9. The van der Waals surface area contributed by atoms with Gasteiger partial charge in [0.05, 0.1) is 12.1 Å². The molecule has 124 valence electrons. The first kappa shape index (κ1) is 16.2. The van der Waals surface area contributed by atoms with Gasteiger partial charge in [-0.25, -0.2) is 0 Å². The summed E-state index contributed by atoms with van der Waals surface area (Å²) >= 11 is 0. The number of rotatable bonds is 5. The lowest BCUT2D eigenvalue weighted by Crippen LogP contribution is -2.47. The molecule has 1 heterocycles. The van der Waals surface area contributed by atoms with Crippen LogP contribution in [0.1, 0.15) is 24.0 Å². The van der Waals surface area contributed by atoms with Crippen LogP contribution in [0.4, 0.5) is 0 Å². The fourth-order valence-corrected chi connectivity index (χ4v) is 3.20. The zero-order chi connectivity index (χ0) is 16.8. The van der Waals surface area contributed by atoms with E-state index in [-0.39, 0.29) is 11.9 Å². The smallest absolute Gasteiger partial charge is 0.228 e. The molecule has 1 fully saturated rings. The van der Waals surface area contributed by atoms with Crippen molar-refractivity contribution in [2.75, 3.05) is 7.11 Å². The highest BCUT2D eigenvalue weighted by atomic mass is 16.6. The van der Waals surface area contributed by atoms with Crippen LogP contribution in [-0.2, 0) is 22.6 Å². The second-order valence-corrected chi connectivity index (χ2v) is 6.07. The molecule has 0 saturated carbocycles. The molecular weight excluding hydrogens is 300 g/mol. The van der Waals surface area contributed by atoms with Crippen molar-refractivity contribution in [3.8, 4) is 0 Å². The maximum Gasteiger partial charge on any atom is 0.228 e. The molecule has 1 atom stereocenters. The van der Waals surface area contributed by atoms with E-state index in [1.54, 1.807) is 0 Å². The molecule has 0 aromatic heterocycles. The Morgan fingerprint density at radius 2 is 1.67 bits per heavy atom. The standard InChI is InChI=1S/C20H22N2O2/c1-24-21-18-13-19(12-16-8-4-2-5-9-16)22(20(23)14-18)15-17-10-6-3-7-11-17/h2-11,19H,12-15H2,1H3/b21-18-. The van der Waals surface area contributed by atoms with Gasteiger partial charge in [-0.3, -0.25) is 4.79 Å². The summed E-state index contributed by atoms with van der Waals surface area (Å²) in [7, 11) is 1.53. The summed E-state index contributed by atoms with van der Waals surface area (Å²) in [5.74, 6) is 0.113. The molecule has 1 amide bonds. The topological polar surface area (TPSA) is 41.9 Å². The summed E-state index contributed by atoms with van der Waals surface area (Å²) in [4.78, 5) is 19.6. The average molecular weight is 322 g/mol. The van der Waals surface area contributed by atoms with Crippen LogP contribution in [0.25, 0.3) is 0 Å². The van der Waals surface area contributed by atoms with Crippen molar-refractivity contribution >= 4 is 11.6 Å². The minimum absolute atomic E-state index is 0.0998. The number of likely N-dealkylation sites (tertiary alicyclic amines) is 1. The second-order valence-electron chi connectivity index (χ2n) is 6.07.